The van der Waals surface area contributed by atoms with Gasteiger partial charge in [-0.1, -0.05) is 60.7 Å². The van der Waals surface area contributed by atoms with Crippen LogP contribution in [0.5, 0.6) is 11.5 Å². The predicted molar refractivity (Wildman–Crippen MR) is 107 cm³/mol. The zero-order valence-electron chi connectivity index (χ0n) is 14.8. The van der Waals surface area contributed by atoms with E-state index in [1.165, 1.54) is 0 Å². The van der Waals surface area contributed by atoms with Gasteiger partial charge in [-0.05, 0) is 24.3 Å². The van der Waals surface area contributed by atoms with Crippen LogP contribution in [0.2, 0.25) is 0 Å². The molecule has 1 aliphatic heterocycles. The van der Waals surface area contributed by atoms with E-state index in [1.54, 1.807) is 24.3 Å². The SMILES string of the molecule is O=c1oc2ccccc2c(O)c1C1C=C(c2ccccc2)Oc2ccccc21. The summed E-state index contributed by atoms with van der Waals surface area (Å²) in [5.41, 5.74) is 1.72. The molecular weight excluding hydrogens is 352 g/mol. The van der Waals surface area contributed by atoms with Gasteiger partial charge in [0, 0.05) is 17.0 Å². The van der Waals surface area contributed by atoms with E-state index in [9.17, 15) is 9.90 Å². The Kier molecular flexibility index (Phi) is 3.76. The Labute approximate surface area is 161 Å². The van der Waals surface area contributed by atoms with E-state index in [4.69, 9.17) is 9.15 Å². The van der Waals surface area contributed by atoms with Gasteiger partial charge in [-0.2, -0.15) is 0 Å². The van der Waals surface area contributed by atoms with Gasteiger partial charge in [-0.25, -0.2) is 4.79 Å². The van der Waals surface area contributed by atoms with Gasteiger partial charge in [-0.15, -0.1) is 0 Å². The van der Waals surface area contributed by atoms with Crippen molar-refractivity contribution in [1.82, 2.24) is 0 Å². The molecule has 5 rings (SSSR count). The fraction of sp³-hybridized carbons (Fsp3) is 0.0417. The molecule has 0 bridgehead atoms. The summed E-state index contributed by atoms with van der Waals surface area (Å²) in [6.45, 7) is 0. The Balaban J connectivity index is 1.77. The topological polar surface area (TPSA) is 59.7 Å². The maximum absolute atomic E-state index is 12.8. The summed E-state index contributed by atoms with van der Waals surface area (Å²) in [5, 5.41) is 11.4. The molecule has 0 aliphatic carbocycles. The number of aromatic hydroxyl groups is 1. The quantitative estimate of drug-likeness (QED) is 0.502. The Morgan fingerprint density at radius 3 is 2.39 bits per heavy atom. The average Bonchev–Trinajstić information content (AvgIpc) is 2.74. The molecule has 0 saturated carbocycles. The summed E-state index contributed by atoms with van der Waals surface area (Å²) >= 11 is 0. The molecule has 4 heteroatoms. The van der Waals surface area contributed by atoms with Crippen LogP contribution >= 0.6 is 0 Å². The third-order valence-electron chi connectivity index (χ3n) is 4.98. The van der Waals surface area contributed by atoms with Crippen molar-refractivity contribution in [3.8, 4) is 11.5 Å². The van der Waals surface area contributed by atoms with Crippen molar-refractivity contribution in [2.24, 2.45) is 0 Å². The van der Waals surface area contributed by atoms with E-state index in [1.807, 2.05) is 60.7 Å². The Morgan fingerprint density at radius 1 is 0.821 bits per heavy atom. The largest absolute Gasteiger partial charge is 0.507 e. The summed E-state index contributed by atoms with van der Waals surface area (Å²) in [4.78, 5) is 12.8. The molecule has 0 saturated heterocycles. The van der Waals surface area contributed by atoms with Crippen molar-refractivity contribution in [2.75, 3.05) is 0 Å². The van der Waals surface area contributed by atoms with E-state index in [-0.39, 0.29) is 11.3 Å². The van der Waals surface area contributed by atoms with Crippen molar-refractivity contribution < 1.29 is 14.3 Å². The Morgan fingerprint density at radius 2 is 1.54 bits per heavy atom. The molecule has 1 N–H and O–H groups in total. The van der Waals surface area contributed by atoms with Gasteiger partial charge < -0.3 is 14.3 Å². The highest BCUT2D eigenvalue weighted by Gasteiger charge is 2.29. The van der Waals surface area contributed by atoms with Crippen molar-refractivity contribution >= 4 is 16.7 Å². The summed E-state index contributed by atoms with van der Waals surface area (Å²) in [7, 11) is 0. The lowest BCUT2D eigenvalue weighted by atomic mass is 9.87. The molecule has 1 aliphatic rings. The molecule has 0 amide bonds. The lowest BCUT2D eigenvalue weighted by Gasteiger charge is -2.25. The van der Waals surface area contributed by atoms with Crippen LogP contribution in [-0.4, -0.2) is 5.11 Å². The molecule has 1 unspecified atom stereocenters. The third kappa shape index (κ3) is 2.58. The highest BCUT2D eigenvalue weighted by atomic mass is 16.5. The number of rotatable bonds is 2. The van der Waals surface area contributed by atoms with Crippen LogP contribution in [0, 0.1) is 0 Å². The van der Waals surface area contributed by atoms with Crippen molar-refractivity contribution in [2.45, 2.75) is 5.92 Å². The van der Waals surface area contributed by atoms with Gasteiger partial charge in [0.2, 0.25) is 0 Å². The standard InChI is InChI=1S/C24H16O4/c25-23-17-11-5-7-13-20(17)28-24(26)22(23)18-14-21(15-8-2-1-3-9-15)27-19-12-6-4-10-16(18)19/h1-14,18,25H. The molecule has 1 atom stereocenters. The fourth-order valence-electron chi connectivity index (χ4n) is 3.64. The second-order valence-corrected chi connectivity index (χ2v) is 6.66. The lowest BCUT2D eigenvalue weighted by Crippen LogP contribution is -2.17. The van der Waals surface area contributed by atoms with Crippen molar-refractivity contribution in [3.05, 3.63) is 112 Å². The molecule has 3 aromatic carbocycles. The minimum absolute atomic E-state index is 0.0581. The van der Waals surface area contributed by atoms with E-state index >= 15 is 0 Å². The molecule has 1 aromatic heterocycles. The molecule has 136 valence electrons. The number of fused-ring (bicyclic) bond motifs is 2. The lowest BCUT2D eigenvalue weighted by molar-refractivity contribution is 0.449. The Bertz CT molecular complexity index is 1270. The van der Waals surface area contributed by atoms with E-state index in [0.717, 1.165) is 11.1 Å². The van der Waals surface area contributed by atoms with E-state index < -0.39 is 11.5 Å². The Hall–Kier alpha value is -3.79. The summed E-state index contributed by atoms with van der Waals surface area (Å²) in [5.74, 6) is 0.746. The minimum Gasteiger partial charge on any atom is -0.507 e. The maximum Gasteiger partial charge on any atom is 0.344 e. The second kappa shape index (κ2) is 6.43. The minimum atomic E-state index is -0.554. The first-order valence-electron chi connectivity index (χ1n) is 9.01. The normalized spacial score (nSPS) is 15.6. The number of allylic oxidation sites excluding steroid dienone is 1. The average molecular weight is 368 g/mol. The van der Waals surface area contributed by atoms with Crippen LogP contribution in [0.4, 0.5) is 0 Å². The molecular formula is C24H16O4. The van der Waals surface area contributed by atoms with E-state index in [2.05, 4.69) is 0 Å². The molecule has 0 fully saturated rings. The first kappa shape index (κ1) is 16.4. The second-order valence-electron chi connectivity index (χ2n) is 6.66. The molecule has 28 heavy (non-hydrogen) atoms. The van der Waals surface area contributed by atoms with Gasteiger partial charge >= 0.3 is 5.63 Å². The van der Waals surface area contributed by atoms with Crippen LogP contribution in [0.25, 0.3) is 16.7 Å². The zero-order chi connectivity index (χ0) is 19.1. The number of hydrogen-bond acceptors (Lipinski definition) is 4. The smallest absolute Gasteiger partial charge is 0.344 e. The van der Waals surface area contributed by atoms with E-state index in [0.29, 0.717) is 22.5 Å². The van der Waals surface area contributed by atoms with Gasteiger partial charge in [0.1, 0.15) is 22.8 Å². The monoisotopic (exact) mass is 368 g/mol. The number of benzene rings is 3. The summed E-state index contributed by atoms with van der Waals surface area (Å²) in [6, 6.07) is 24.2. The zero-order valence-corrected chi connectivity index (χ0v) is 14.8. The fourth-order valence-corrected chi connectivity index (χ4v) is 3.64. The van der Waals surface area contributed by atoms with Crippen LogP contribution in [0.15, 0.2) is 94.2 Å². The predicted octanol–water partition coefficient (Wildman–Crippen LogP) is 5.06. The first-order chi connectivity index (χ1) is 13.7. The molecule has 2 heterocycles. The molecule has 4 aromatic rings. The third-order valence-corrected chi connectivity index (χ3v) is 4.98. The van der Waals surface area contributed by atoms with Gasteiger partial charge in [0.25, 0.3) is 0 Å². The van der Waals surface area contributed by atoms with Crippen molar-refractivity contribution in [1.29, 1.82) is 0 Å². The summed E-state index contributed by atoms with van der Waals surface area (Å²) < 4.78 is 11.6. The maximum atomic E-state index is 12.8. The van der Waals surface area contributed by atoms with Crippen molar-refractivity contribution in [3.63, 3.8) is 0 Å². The highest BCUT2D eigenvalue weighted by molar-refractivity contribution is 5.85. The molecule has 4 nitrogen and oxygen atoms in total. The summed E-state index contributed by atoms with van der Waals surface area (Å²) in [6.07, 6.45) is 1.86. The number of hydrogen-bond donors (Lipinski definition) is 1. The van der Waals surface area contributed by atoms with Crippen LogP contribution in [0.1, 0.15) is 22.6 Å². The molecule has 0 spiro atoms. The van der Waals surface area contributed by atoms with Crippen LogP contribution < -0.4 is 10.4 Å². The van der Waals surface area contributed by atoms with Crippen LogP contribution in [0.3, 0.4) is 0 Å². The van der Waals surface area contributed by atoms with Gasteiger partial charge in [-0.3, -0.25) is 0 Å². The van der Waals surface area contributed by atoms with Gasteiger partial charge in [0.15, 0.2) is 0 Å². The van der Waals surface area contributed by atoms with Crippen LogP contribution in [-0.2, 0) is 0 Å². The number of para-hydroxylation sites is 2. The first-order valence-corrected chi connectivity index (χ1v) is 9.01. The highest BCUT2D eigenvalue weighted by Crippen LogP contribution is 2.43. The molecule has 0 radical (unpaired) electrons. The van der Waals surface area contributed by atoms with Gasteiger partial charge in [0.05, 0.1) is 10.9 Å². The number of ether oxygens (including phenoxy) is 1.